The molecule has 0 N–H and O–H groups in total. The zero-order valence-electron chi connectivity index (χ0n) is 20.5. The van der Waals surface area contributed by atoms with Gasteiger partial charge in [-0.2, -0.15) is 0 Å². The highest BCUT2D eigenvalue weighted by Gasteiger charge is 2.67. The van der Waals surface area contributed by atoms with E-state index in [0.29, 0.717) is 37.0 Å². The Kier molecular flexibility index (Phi) is 6.34. The summed E-state index contributed by atoms with van der Waals surface area (Å²) in [6, 6.07) is 0. The maximum atomic E-state index is 13.1. The Hall–Kier alpha value is -1.98. The van der Waals surface area contributed by atoms with Gasteiger partial charge in [0, 0.05) is 25.2 Å². The molecule has 4 aliphatic rings. The number of hydrogen-bond acceptors (Lipinski definition) is 6. The van der Waals surface area contributed by atoms with Crippen LogP contribution >= 0.6 is 0 Å². The van der Waals surface area contributed by atoms with Crippen molar-refractivity contribution in [1.82, 2.24) is 0 Å². The van der Waals surface area contributed by atoms with Gasteiger partial charge in [0.2, 0.25) is 0 Å². The van der Waals surface area contributed by atoms with E-state index >= 15 is 0 Å². The van der Waals surface area contributed by atoms with E-state index in [4.69, 9.17) is 9.47 Å². The topological polar surface area (TPSA) is 86.7 Å². The van der Waals surface area contributed by atoms with Crippen LogP contribution < -0.4 is 0 Å². The van der Waals surface area contributed by atoms with Gasteiger partial charge >= 0.3 is 11.9 Å². The van der Waals surface area contributed by atoms with Crippen molar-refractivity contribution in [2.24, 2.45) is 28.6 Å². The first-order chi connectivity index (χ1) is 15.5. The maximum absolute atomic E-state index is 13.1. The summed E-state index contributed by atoms with van der Waals surface area (Å²) in [7, 11) is 0. The van der Waals surface area contributed by atoms with Crippen LogP contribution in [0.15, 0.2) is 11.6 Å². The summed E-state index contributed by atoms with van der Waals surface area (Å²) in [6.07, 6.45) is 9.34. The van der Waals surface area contributed by atoms with Crippen molar-refractivity contribution in [2.45, 2.75) is 97.5 Å². The van der Waals surface area contributed by atoms with Crippen molar-refractivity contribution in [1.29, 1.82) is 0 Å². The first kappa shape index (κ1) is 24.2. The average Bonchev–Trinajstić information content (AvgIpc) is 3.05. The lowest BCUT2D eigenvalue weighted by Crippen LogP contribution is -2.58. The molecule has 0 heterocycles. The molecule has 0 spiro atoms. The molecule has 0 amide bonds. The number of fused-ring (bicyclic) bond motifs is 5. The summed E-state index contributed by atoms with van der Waals surface area (Å²) < 4.78 is 11.0. The molecule has 0 saturated heterocycles. The van der Waals surface area contributed by atoms with Gasteiger partial charge in [-0.25, -0.2) is 0 Å². The first-order valence-electron chi connectivity index (χ1n) is 12.6. The molecule has 0 aromatic carbocycles. The van der Waals surface area contributed by atoms with Gasteiger partial charge in [-0.1, -0.05) is 19.4 Å². The number of ketones is 2. The second-order valence-corrected chi connectivity index (χ2v) is 11.3. The number of esters is 2. The summed E-state index contributed by atoms with van der Waals surface area (Å²) in [5.74, 6) is 0.809. The third-order valence-electron chi connectivity index (χ3n) is 9.77. The van der Waals surface area contributed by atoms with Crippen molar-refractivity contribution in [3.8, 4) is 0 Å². The molecule has 6 nitrogen and oxygen atoms in total. The molecule has 4 aliphatic carbocycles. The lowest BCUT2D eigenvalue weighted by molar-refractivity contribution is -0.189. The second-order valence-electron chi connectivity index (χ2n) is 11.3. The van der Waals surface area contributed by atoms with E-state index in [-0.39, 0.29) is 47.4 Å². The van der Waals surface area contributed by atoms with Gasteiger partial charge in [0.15, 0.2) is 17.2 Å². The van der Waals surface area contributed by atoms with Gasteiger partial charge in [-0.3, -0.25) is 19.2 Å². The minimum atomic E-state index is -1.07. The van der Waals surface area contributed by atoms with Crippen LogP contribution in [0.1, 0.15) is 91.9 Å². The molecule has 0 bridgehead atoms. The van der Waals surface area contributed by atoms with E-state index in [0.717, 1.165) is 38.5 Å². The number of allylic oxidation sites excluding steroid dienone is 1. The van der Waals surface area contributed by atoms with Crippen LogP contribution in [0.2, 0.25) is 0 Å². The predicted molar refractivity (Wildman–Crippen MR) is 122 cm³/mol. The highest BCUT2D eigenvalue weighted by Crippen LogP contribution is 2.68. The highest BCUT2D eigenvalue weighted by atomic mass is 16.6. The van der Waals surface area contributed by atoms with Gasteiger partial charge in [-0.15, -0.1) is 0 Å². The molecule has 0 radical (unpaired) electrons. The van der Waals surface area contributed by atoms with Crippen LogP contribution in [0.4, 0.5) is 0 Å². The SMILES string of the molecule is CC(=O)OCCCC(=O)O[C@]1(C(C)=O)CC[C@H]2[C@@H]3CCC4=CC(=O)CC[C@]4(C)[C@H]3CC[C@@]21C. The lowest BCUT2D eigenvalue weighted by Gasteiger charge is -2.59. The van der Waals surface area contributed by atoms with Crippen LogP contribution in [0.3, 0.4) is 0 Å². The zero-order chi connectivity index (χ0) is 24.0. The molecule has 0 aromatic heterocycles. The van der Waals surface area contributed by atoms with E-state index in [9.17, 15) is 19.2 Å². The third kappa shape index (κ3) is 3.87. The number of hydrogen-bond donors (Lipinski definition) is 0. The number of carbonyl (C=O) groups is 4. The highest BCUT2D eigenvalue weighted by molar-refractivity contribution is 5.92. The summed E-state index contributed by atoms with van der Waals surface area (Å²) in [4.78, 5) is 48.8. The van der Waals surface area contributed by atoms with Gasteiger partial charge in [0.1, 0.15) is 0 Å². The first-order valence-corrected chi connectivity index (χ1v) is 12.6. The quantitative estimate of drug-likeness (QED) is 0.422. The molecule has 0 unspecified atom stereocenters. The average molecular weight is 459 g/mol. The van der Waals surface area contributed by atoms with Gasteiger partial charge in [0.25, 0.3) is 0 Å². The molecule has 3 fully saturated rings. The Morgan fingerprint density at radius 1 is 1.00 bits per heavy atom. The fraction of sp³-hybridized carbons (Fsp3) is 0.778. The van der Waals surface area contributed by atoms with E-state index in [2.05, 4.69) is 13.8 Å². The molecule has 6 atom stereocenters. The van der Waals surface area contributed by atoms with E-state index in [1.165, 1.54) is 12.5 Å². The predicted octanol–water partition coefficient (Wildman–Crippen LogP) is 4.73. The Bertz CT molecular complexity index is 889. The normalized spacial score (nSPS) is 39.6. The molecule has 182 valence electrons. The Morgan fingerprint density at radius 2 is 1.73 bits per heavy atom. The minimum absolute atomic E-state index is 0.0508. The zero-order valence-corrected chi connectivity index (χ0v) is 20.5. The van der Waals surface area contributed by atoms with Gasteiger partial charge in [0.05, 0.1) is 6.61 Å². The molecular weight excluding hydrogens is 420 g/mol. The Balaban J connectivity index is 1.53. The van der Waals surface area contributed by atoms with Crippen LogP contribution in [0.25, 0.3) is 0 Å². The molecular formula is C27H38O6. The lowest BCUT2D eigenvalue weighted by atomic mass is 9.46. The van der Waals surface area contributed by atoms with Gasteiger partial charge < -0.3 is 9.47 Å². The Labute approximate surface area is 196 Å². The van der Waals surface area contributed by atoms with E-state index in [1.54, 1.807) is 6.92 Å². The van der Waals surface area contributed by atoms with E-state index in [1.807, 2.05) is 6.08 Å². The van der Waals surface area contributed by atoms with Crippen molar-refractivity contribution in [2.75, 3.05) is 6.61 Å². The van der Waals surface area contributed by atoms with Crippen LogP contribution in [-0.2, 0) is 28.7 Å². The Morgan fingerprint density at radius 3 is 2.42 bits per heavy atom. The van der Waals surface area contributed by atoms with Gasteiger partial charge in [-0.05, 0) is 87.5 Å². The summed E-state index contributed by atoms with van der Waals surface area (Å²) in [5.41, 5.74) is -0.0277. The summed E-state index contributed by atoms with van der Waals surface area (Å²) in [5, 5.41) is 0. The van der Waals surface area contributed by atoms with Crippen LogP contribution in [0.5, 0.6) is 0 Å². The summed E-state index contributed by atoms with van der Waals surface area (Å²) in [6.45, 7) is 7.61. The molecule has 3 saturated carbocycles. The molecule has 6 heteroatoms. The number of rotatable bonds is 6. The fourth-order valence-corrected chi connectivity index (χ4v) is 8.05. The molecule has 4 rings (SSSR count). The van der Waals surface area contributed by atoms with Crippen LogP contribution in [0, 0.1) is 28.6 Å². The van der Waals surface area contributed by atoms with Crippen molar-refractivity contribution in [3.63, 3.8) is 0 Å². The number of Topliss-reactive ketones (excluding diaryl/α,β-unsaturated/α-hetero) is 1. The summed E-state index contributed by atoms with van der Waals surface area (Å²) >= 11 is 0. The van der Waals surface area contributed by atoms with Crippen LogP contribution in [-0.4, -0.2) is 35.7 Å². The number of ether oxygens (including phenoxy) is 2. The monoisotopic (exact) mass is 458 g/mol. The smallest absolute Gasteiger partial charge is 0.306 e. The fourth-order valence-electron chi connectivity index (χ4n) is 8.05. The third-order valence-corrected chi connectivity index (χ3v) is 9.77. The molecule has 0 aliphatic heterocycles. The number of carbonyl (C=O) groups excluding carboxylic acids is 4. The van der Waals surface area contributed by atoms with Crippen molar-refractivity contribution < 1.29 is 28.7 Å². The molecule has 0 aromatic rings. The molecule has 33 heavy (non-hydrogen) atoms. The standard InChI is InChI=1S/C27H38O6/c1-17(28)27(33-24(31)6-5-15-32-18(2)29)14-11-23-21-8-7-19-16-20(30)9-12-25(19,3)22(21)10-13-26(23,27)4/h16,21-23H,5-15H2,1-4H3/t21-,22+,23+,25+,26+,27+/m1/s1. The van der Waals surface area contributed by atoms with Crippen molar-refractivity contribution >= 4 is 23.5 Å². The second kappa shape index (κ2) is 8.66. The largest absolute Gasteiger partial charge is 0.466 e. The van der Waals surface area contributed by atoms with Crippen molar-refractivity contribution in [3.05, 3.63) is 11.6 Å². The van der Waals surface area contributed by atoms with E-state index < -0.39 is 5.60 Å². The minimum Gasteiger partial charge on any atom is -0.466 e. The maximum Gasteiger partial charge on any atom is 0.306 e.